The average Bonchev–Trinajstić information content (AvgIpc) is 3.19. The molecule has 122 valence electrons. The molecule has 0 aliphatic carbocycles. The molecule has 0 bridgehead atoms. The number of rotatable bonds is 5. The van der Waals surface area contributed by atoms with Crippen LogP contribution >= 0.6 is 0 Å². The van der Waals surface area contributed by atoms with E-state index in [0.29, 0.717) is 12.2 Å². The number of imidazole rings is 1. The van der Waals surface area contributed by atoms with Gasteiger partial charge in [-0.1, -0.05) is 29.5 Å². The van der Waals surface area contributed by atoms with Crippen LogP contribution in [0.4, 0.5) is 0 Å². The molecule has 0 aliphatic rings. The van der Waals surface area contributed by atoms with Crippen molar-refractivity contribution in [1.82, 2.24) is 25.0 Å². The third-order valence-corrected chi connectivity index (χ3v) is 4.89. The molecule has 0 radical (unpaired) electrons. The van der Waals surface area contributed by atoms with E-state index in [2.05, 4.69) is 15.3 Å². The zero-order valence-corrected chi connectivity index (χ0v) is 14.0. The summed E-state index contributed by atoms with van der Waals surface area (Å²) in [6.45, 7) is 0. The van der Waals surface area contributed by atoms with Crippen LogP contribution in [0.5, 0.6) is 0 Å². The average molecular weight is 339 g/mol. The smallest absolute Gasteiger partial charge is 0.132 e. The second kappa shape index (κ2) is 6.16. The number of aromatic nitrogens is 5. The van der Waals surface area contributed by atoms with Crippen molar-refractivity contribution >= 4 is 32.9 Å². The van der Waals surface area contributed by atoms with Crippen molar-refractivity contribution in [3.05, 3.63) is 54.4 Å². The number of nitrogens with one attached hydrogen (secondary N) is 1. The van der Waals surface area contributed by atoms with Gasteiger partial charge in [0.1, 0.15) is 17.4 Å². The summed E-state index contributed by atoms with van der Waals surface area (Å²) < 4.78 is 13.5. The van der Waals surface area contributed by atoms with Gasteiger partial charge in [0.05, 0.1) is 16.6 Å². The Morgan fingerprint density at radius 1 is 1.12 bits per heavy atom. The van der Waals surface area contributed by atoms with E-state index < -0.39 is 10.8 Å². The summed E-state index contributed by atoms with van der Waals surface area (Å²) in [6, 6.07) is 15.6. The molecule has 6 nitrogen and oxygen atoms in total. The zero-order valence-electron chi connectivity index (χ0n) is 13.2. The van der Waals surface area contributed by atoms with Gasteiger partial charge in [0.2, 0.25) is 0 Å². The third kappa shape index (κ3) is 2.71. The lowest BCUT2D eigenvalue weighted by molar-refractivity contribution is 0.490. The predicted molar refractivity (Wildman–Crippen MR) is 95.3 cm³/mol. The van der Waals surface area contributed by atoms with Gasteiger partial charge >= 0.3 is 0 Å². The summed E-state index contributed by atoms with van der Waals surface area (Å²) in [6.07, 6.45) is 2.39. The van der Waals surface area contributed by atoms with Crippen LogP contribution in [0.3, 0.4) is 0 Å². The highest BCUT2D eigenvalue weighted by atomic mass is 32.2. The maximum Gasteiger partial charge on any atom is 0.132 e. The van der Waals surface area contributed by atoms with Crippen LogP contribution in [0.25, 0.3) is 22.1 Å². The van der Waals surface area contributed by atoms with E-state index in [4.69, 9.17) is 4.98 Å². The number of hydrogen-bond acceptors (Lipinski definition) is 4. The number of benzene rings is 2. The van der Waals surface area contributed by atoms with Gasteiger partial charge < -0.3 is 4.98 Å². The lowest BCUT2D eigenvalue weighted by atomic mass is 10.2. The maximum absolute atomic E-state index is 11.6. The van der Waals surface area contributed by atoms with Crippen molar-refractivity contribution in [1.29, 1.82) is 0 Å². The van der Waals surface area contributed by atoms with Crippen LogP contribution in [0.2, 0.25) is 0 Å². The minimum absolute atomic E-state index is 0.131. The lowest BCUT2D eigenvalue weighted by Crippen LogP contribution is -2.16. The highest BCUT2D eigenvalue weighted by molar-refractivity contribution is 7.84. The van der Waals surface area contributed by atoms with Crippen molar-refractivity contribution in [3.63, 3.8) is 0 Å². The zero-order chi connectivity index (χ0) is 16.5. The van der Waals surface area contributed by atoms with Crippen molar-refractivity contribution < 1.29 is 4.21 Å². The van der Waals surface area contributed by atoms with Crippen molar-refractivity contribution in [3.8, 4) is 0 Å². The number of fused-ring (bicyclic) bond motifs is 2. The molecular formula is C17H17N5OS. The van der Waals surface area contributed by atoms with Crippen LogP contribution in [0, 0.1) is 0 Å². The van der Waals surface area contributed by atoms with Gasteiger partial charge in [-0.3, -0.25) is 4.21 Å². The van der Waals surface area contributed by atoms with E-state index in [1.807, 2.05) is 53.2 Å². The molecule has 2 unspecified atom stereocenters. The molecule has 2 heterocycles. The summed E-state index contributed by atoms with van der Waals surface area (Å²) in [5.74, 6) is 1.40. The minimum atomic E-state index is -0.876. The molecule has 4 aromatic rings. The monoisotopic (exact) mass is 339 g/mol. The van der Waals surface area contributed by atoms with Gasteiger partial charge in [0, 0.05) is 22.8 Å². The second-order valence-corrected chi connectivity index (χ2v) is 7.30. The topological polar surface area (TPSA) is 76.5 Å². The van der Waals surface area contributed by atoms with Crippen molar-refractivity contribution in [2.24, 2.45) is 0 Å². The quantitative estimate of drug-likeness (QED) is 0.606. The van der Waals surface area contributed by atoms with E-state index in [-0.39, 0.29) is 6.04 Å². The van der Waals surface area contributed by atoms with Gasteiger partial charge in [-0.15, -0.1) is 5.10 Å². The molecule has 2 aromatic carbocycles. The van der Waals surface area contributed by atoms with Crippen LogP contribution in [0.15, 0.2) is 48.5 Å². The summed E-state index contributed by atoms with van der Waals surface area (Å²) in [5, 5.41) is 8.57. The Balaban J connectivity index is 1.83. The number of H-pyrrole nitrogens is 1. The molecule has 4 rings (SSSR count). The van der Waals surface area contributed by atoms with Crippen LogP contribution in [-0.4, -0.2) is 41.2 Å². The van der Waals surface area contributed by atoms with Gasteiger partial charge in [-0.25, -0.2) is 9.67 Å². The van der Waals surface area contributed by atoms with Gasteiger partial charge in [0.15, 0.2) is 0 Å². The normalized spacial score (nSPS) is 14.2. The molecule has 0 fully saturated rings. The van der Waals surface area contributed by atoms with E-state index in [0.717, 1.165) is 27.9 Å². The van der Waals surface area contributed by atoms with Crippen molar-refractivity contribution in [2.75, 3.05) is 12.0 Å². The van der Waals surface area contributed by atoms with Crippen molar-refractivity contribution in [2.45, 2.75) is 12.5 Å². The largest absolute Gasteiger partial charge is 0.340 e. The molecule has 0 spiro atoms. The Morgan fingerprint density at radius 2 is 1.88 bits per heavy atom. The second-order valence-electron chi connectivity index (χ2n) is 5.74. The van der Waals surface area contributed by atoms with Crippen LogP contribution in [0.1, 0.15) is 18.3 Å². The summed E-state index contributed by atoms with van der Waals surface area (Å²) in [4.78, 5) is 8.08. The first-order valence-electron chi connectivity index (χ1n) is 7.77. The Morgan fingerprint density at radius 3 is 2.67 bits per heavy atom. The number of aromatic amines is 1. The standard InChI is InChI=1S/C17H17N5OS/c1-24(23)11-10-16(17-18-12-6-2-3-7-13(12)19-17)22-15-9-5-4-8-14(15)20-21-22/h2-9,16H,10-11H2,1H3,(H,18,19). The summed E-state index contributed by atoms with van der Waals surface area (Å²) in [5.41, 5.74) is 3.69. The Hall–Kier alpha value is -2.54. The number of para-hydroxylation sites is 3. The third-order valence-electron chi connectivity index (χ3n) is 4.07. The number of hydrogen-bond donors (Lipinski definition) is 1. The fraction of sp³-hybridized carbons (Fsp3) is 0.235. The Kier molecular flexibility index (Phi) is 3.86. The molecule has 7 heteroatoms. The molecular weight excluding hydrogens is 322 g/mol. The lowest BCUT2D eigenvalue weighted by Gasteiger charge is -2.15. The highest BCUT2D eigenvalue weighted by Crippen LogP contribution is 2.25. The minimum Gasteiger partial charge on any atom is -0.340 e. The molecule has 24 heavy (non-hydrogen) atoms. The maximum atomic E-state index is 11.6. The Bertz CT molecular complexity index is 989. The SMILES string of the molecule is CS(=O)CCC(c1nc2ccccc2[nH]1)n1nnc2ccccc21. The van der Waals surface area contributed by atoms with Gasteiger partial charge in [0.25, 0.3) is 0 Å². The predicted octanol–water partition coefficient (Wildman–Crippen LogP) is 2.67. The molecule has 2 atom stereocenters. The Labute approximate surface area is 141 Å². The van der Waals surface area contributed by atoms with E-state index >= 15 is 0 Å². The summed E-state index contributed by atoms with van der Waals surface area (Å²) in [7, 11) is -0.876. The van der Waals surface area contributed by atoms with Gasteiger partial charge in [-0.05, 0) is 30.7 Å². The van der Waals surface area contributed by atoms with E-state index in [1.54, 1.807) is 6.26 Å². The van der Waals surface area contributed by atoms with Crippen LogP contribution in [-0.2, 0) is 10.8 Å². The molecule has 0 saturated carbocycles. The van der Waals surface area contributed by atoms with Gasteiger partial charge in [-0.2, -0.15) is 0 Å². The molecule has 2 aromatic heterocycles. The first kappa shape index (κ1) is 15.0. The molecule has 0 aliphatic heterocycles. The number of nitrogens with zero attached hydrogens (tertiary/aromatic N) is 4. The molecule has 1 N–H and O–H groups in total. The molecule has 0 amide bonds. The summed E-state index contributed by atoms with van der Waals surface area (Å²) >= 11 is 0. The van der Waals surface area contributed by atoms with E-state index in [1.165, 1.54) is 0 Å². The highest BCUT2D eigenvalue weighted by Gasteiger charge is 2.21. The first-order chi connectivity index (χ1) is 11.7. The fourth-order valence-electron chi connectivity index (χ4n) is 2.90. The van der Waals surface area contributed by atoms with Crippen LogP contribution < -0.4 is 0 Å². The van der Waals surface area contributed by atoms with E-state index in [9.17, 15) is 4.21 Å². The fourth-order valence-corrected chi connectivity index (χ4v) is 3.46. The first-order valence-corrected chi connectivity index (χ1v) is 9.50. The molecule has 0 saturated heterocycles.